The van der Waals surface area contributed by atoms with Crippen LogP contribution in [0.3, 0.4) is 0 Å². The zero-order valence-corrected chi connectivity index (χ0v) is 12.6. The van der Waals surface area contributed by atoms with Crippen molar-refractivity contribution in [2.75, 3.05) is 13.2 Å². The molecule has 1 aromatic carbocycles. The summed E-state index contributed by atoms with van der Waals surface area (Å²) in [5.41, 5.74) is 1.08. The molecule has 1 heterocycles. The number of aliphatic hydroxyl groups is 1. The molecule has 0 aliphatic heterocycles. The van der Waals surface area contributed by atoms with Crippen molar-refractivity contribution < 1.29 is 9.84 Å². The van der Waals surface area contributed by atoms with E-state index in [4.69, 9.17) is 16.3 Å². The van der Waals surface area contributed by atoms with Crippen LogP contribution in [0, 0.1) is 0 Å². The van der Waals surface area contributed by atoms with Gasteiger partial charge in [-0.3, -0.25) is 0 Å². The summed E-state index contributed by atoms with van der Waals surface area (Å²) in [6.07, 6.45) is 0.915. The van der Waals surface area contributed by atoms with E-state index < -0.39 is 6.10 Å². The summed E-state index contributed by atoms with van der Waals surface area (Å²) in [6, 6.07) is 7.74. The van der Waals surface area contributed by atoms with Crippen LogP contribution in [0.1, 0.15) is 18.5 Å². The lowest BCUT2D eigenvalue weighted by atomic mass is 10.1. The Bertz CT molecular complexity index is 524. The third-order valence-electron chi connectivity index (χ3n) is 2.77. The van der Waals surface area contributed by atoms with Gasteiger partial charge >= 0.3 is 0 Å². The van der Waals surface area contributed by atoms with Gasteiger partial charge in [-0.2, -0.15) is 4.37 Å². The molecule has 20 heavy (non-hydrogen) atoms. The molecular weight excluding hydrogens is 298 g/mol. The summed E-state index contributed by atoms with van der Waals surface area (Å²) >= 11 is 7.02. The zero-order valence-electron chi connectivity index (χ0n) is 11.0. The van der Waals surface area contributed by atoms with Crippen molar-refractivity contribution in [2.24, 2.45) is 0 Å². The monoisotopic (exact) mass is 313 g/mol. The van der Waals surface area contributed by atoms with Gasteiger partial charge in [0.2, 0.25) is 5.88 Å². The summed E-state index contributed by atoms with van der Waals surface area (Å²) in [6.45, 7) is 2.62. The van der Waals surface area contributed by atoms with E-state index in [0.717, 1.165) is 17.3 Å². The highest BCUT2D eigenvalue weighted by molar-refractivity contribution is 6.99. The largest absolute Gasteiger partial charge is 0.473 e. The fraction of sp³-hybridized carbons (Fsp3) is 0.385. The van der Waals surface area contributed by atoms with Gasteiger partial charge in [0.05, 0.1) is 11.7 Å². The van der Waals surface area contributed by atoms with Crippen molar-refractivity contribution in [3.05, 3.63) is 41.0 Å². The van der Waals surface area contributed by atoms with Gasteiger partial charge in [-0.25, -0.2) is 0 Å². The Balaban J connectivity index is 1.73. The number of benzene rings is 1. The second-order valence-corrected chi connectivity index (χ2v) is 5.39. The molecule has 0 spiro atoms. The SMILES string of the molecule is CC(NCC(O)COc1cnsn1)c1cccc(Cl)c1. The first-order chi connectivity index (χ1) is 9.65. The molecule has 0 saturated carbocycles. The van der Waals surface area contributed by atoms with Crippen LogP contribution < -0.4 is 10.1 Å². The van der Waals surface area contributed by atoms with Gasteiger partial charge in [-0.15, -0.1) is 4.37 Å². The summed E-state index contributed by atoms with van der Waals surface area (Å²) < 4.78 is 13.0. The van der Waals surface area contributed by atoms with E-state index in [1.807, 2.05) is 31.2 Å². The number of hydrogen-bond donors (Lipinski definition) is 2. The molecule has 0 bridgehead atoms. The van der Waals surface area contributed by atoms with E-state index in [0.29, 0.717) is 17.4 Å². The van der Waals surface area contributed by atoms with E-state index in [9.17, 15) is 5.11 Å². The maximum absolute atomic E-state index is 9.84. The number of nitrogens with one attached hydrogen (secondary N) is 1. The Hall–Kier alpha value is -1.21. The molecule has 7 heteroatoms. The summed E-state index contributed by atoms with van der Waals surface area (Å²) in [5.74, 6) is 0.442. The maximum Gasteiger partial charge on any atom is 0.245 e. The van der Waals surface area contributed by atoms with E-state index in [-0.39, 0.29) is 12.6 Å². The van der Waals surface area contributed by atoms with Crippen molar-refractivity contribution in [3.8, 4) is 5.88 Å². The molecule has 0 radical (unpaired) electrons. The Labute approximate surface area is 126 Å². The smallest absolute Gasteiger partial charge is 0.245 e. The molecule has 108 valence electrons. The van der Waals surface area contributed by atoms with Gasteiger partial charge in [0, 0.05) is 17.6 Å². The predicted octanol–water partition coefficient (Wildman–Crippen LogP) is 2.28. The molecule has 2 N–H and O–H groups in total. The summed E-state index contributed by atoms with van der Waals surface area (Å²) in [7, 11) is 0. The highest BCUT2D eigenvalue weighted by atomic mass is 35.5. The lowest BCUT2D eigenvalue weighted by Gasteiger charge is -2.17. The zero-order chi connectivity index (χ0) is 14.4. The maximum atomic E-state index is 9.84. The number of rotatable bonds is 7. The van der Waals surface area contributed by atoms with Gasteiger partial charge in [0.15, 0.2) is 0 Å². The van der Waals surface area contributed by atoms with Crippen LogP contribution in [0.2, 0.25) is 5.02 Å². The highest BCUT2D eigenvalue weighted by Crippen LogP contribution is 2.17. The standard InChI is InChI=1S/C13H16ClN3O2S/c1-9(10-3-2-4-11(14)5-10)15-6-12(18)8-19-13-7-16-20-17-13/h2-5,7,9,12,15,18H,6,8H2,1H3. The normalized spacial score (nSPS) is 13.9. The van der Waals surface area contributed by atoms with E-state index >= 15 is 0 Å². The van der Waals surface area contributed by atoms with Crippen LogP contribution in [0.25, 0.3) is 0 Å². The van der Waals surface area contributed by atoms with Crippen LogP contribution in [-0.4, -0.2) is 33.1 Å². The van der Waals surface area contributed by atoms with Crippen molar-refractivity contribution in [1.29, 1.82) is 0 Å². The van der Waals surface area contributed by atoms with Crippen LogP contribution in [0.15, 0.2) is 30.5 Å². The lowest BCUT2D eigenvalue weighted by molar-refractivity contribution is 0.102. The average Bonchev–Trinajstić information content (AvgIpc) is 2.95. The van der Waals surface area contributed by atoms with Gasteiger partial charge in [0.1, 0.15) is 18.9 Å². The minimum absolute atomic E-state index is 0.101. The minimum atomic E-state index is -0.613. The second kappa shape index (κ2) is 7.54. The fourth-order valence-corrected chi connectivity index (χ4v) is 2.23. The number of aromatic nitrogens is 2. The topological polar surface area (TPSA) is 67.3 Å². The molecule has 2 unspecified atom stereocenters. The molecule has 0 aliphatic rings. The first-order valence-electron chi connectivity index (χ1n) is 6.22. The van der Waals surface area contributed by atoms with Crippen LogP contribution in [0.4, 0.5) is 0 Å². The minimum Gasteiger partial charge on any atom is -0.473 e. The Morgan fingerprint density at radius 1 is 1.50 bits per heavy atom. The van der Waals surface area contributed by atoms with Gasteiger partial charge in [0.25, 0.3) is 0 Å². The Morgan fingerprint density at radius 3 is 3.05 bits per heavy atom. The molecule has 0 amide bonds. The van der Waals surface area contributed by atoms with Crippen LogP contribution in [-0.2, 0) is 0 Å². The quantitative estimate of drug-likeness (QED) is 0.821. The fourth-order valence-electron chi connectivity index (χ4n) is 1.67. The highest BCUT2D eigenvalue weighted by Gasteiger charge is 2.10. The van der Waals surface area contributed by atoms with Gasteiger partial charge in [-0.1, -0.05) is 23.7 Å². The molecule has 2 atom stereocenters. The number of halogens is 1. The Kier molecular flexibility index (Phi) is 5.72. The van der Waals surface area contributed by atoms with Crippen LogP contribution in [0.5, 0.6) is 5.88 Å². The first-order valence-corrected chi connectivity index (χ1v) is 7.33. The molecule has 2 aromatic rings. The third kappa shape index (κ3) is 4.72. The van der Waals surface area contributed by atoms with E-state index in [1.54, 1.807) is 0 Å². The van der Waals surface area contributed by atoms with Crippen molar-refractivity contribution >= 4 is 23.3 Å². The number of aliphatic hydroxyl groups excluding tert-OH is 1. The van der Waals surface area contributed by atoms with Crippen molar-refractivity contribution in [2.45, 2.75) is 19.1 Å². The molecular formula is C13H16ClN3O2S. The number of hydrogen-bond acceptors (Lipinski definition) is 6. The molecule has 0 aliphatic carbocycles. The van der Waals surface area contributed by atoms with E-state index in [1.165, 1.54) is 6.20 Å². The summed E-state index contributed by atoms with van der Waals surface area (Å²) in [4.78, 5) is 0. The lowest BCUT2D eigenvalue weighted by Crippen LogP contribution is -2.33. The number of nitrogens with zero attached hydrogens (tertiary/aromatic N) is 2. The molecule has 0 fully saturated rings. The average molecular weight is 314 g/mol. The second-order valence-electron chi connectivity index (χ2n) is 4.40. The third-order valence-corrected chi connectivity index (χ3v) is 3.47. The predicted molar refractivity (Wildman–Crippen MR) is 79.3 cm³/mol. The molecule has 1 aromatic heterocycles. The van der Waals surface area contributed by atoms with Crippen molar-refractivity contribution in [3.63, 3.8) is 0 Å². The molecule has 2 rings (SSSR count). The number of ether oxygens (including phenoxy) is 1. The van der Waals surface area contributed by atoms with E-state index in [2.05, 4.69) is 14.1 Å². The van der Waals surface area contributed by atoms with Crippen molar-refractivity contribution in [1.82, 2.24) is 14.1 Å². The summed E-state index contributed by atoms with van der Waals surface area (Å²) in [5, 5.41) is 13.8. The molecule has 5 nitrogen and oxygen atoms in total. The van der Waals surface area contributed by atoms with Gasteiger partial charge < -0.3 is 15.2 Å². The first kappa shape index (κ1) is 15.2. The molecule has 0 saturated heterocycles. The van der Waals surface area contributed by atoms with Gasteiger partial charge in [-0.05, 0) is 24.6 Å². The Morgan fingerprint density at radius 2 is 2.35 bits per heavy atom. The van der Waals surface area contributed by atoms with Crippen LogP contribution >= 0.6 is 23.3 Å².